The van der Waals surface area contributed by atoms with Crippen LogP contribution in [0, 0.1) is 0 Å². The van der Waals surface area contributed by atoms with Gasteiger partial charge in [-0.25, -0.2) is 4.68 Å². The van der Waals surface area contributed by atoms with Crippen molar-refractivity contribution < 1.29 is 9.53 Å². The van der Waals surface area contributed by atoms with Crippen molar-refractivity contribution in [2.75, 3.05) is 17.7 Å². The third-order valence-corrected chi connectivity index (χ3v) is 5.17. The first-order valence-electron chi connectivity index (χ1n) is 10.5. The summed E-state index contributed by atoms with van der Waals surface area (Å²) in [5.74, 6) is 0.394. The van der Waals surface area contributed by atoms with Crippen LogP contribution in [-0.2, 0) is 4.79 Å². The predicted molar refractivity (Wildman–Crippen MR) is 130 cm³/mol. The van der Waals surface area contributed by atoms with E-state index in [1.54, 1.807) is 32.2 Å². The van der Waals surface area contributed by atoms with E-state index in [1.165, 1.54) is 10.7 Å². The Morgan fingerprint density at radius 3 is 2.15 bits per heavy atom. The Labute approximate surface area is 191 Å². The Balaban J connectivity index is 1.47. The highest BCUT2D eigenvalue weighted by molar-refractivity contribution is 5.93. The largest absolute Gasteiger partial charge is 0.497 e. The number of carbonyl (C=O) groups excluding carboxylic acids is 1. The van der Waals surface area contributed by atoms with Gasteiger partial charge in [0.2, 0.25) is 5.91 Å². The van der Waals surface area contributed by atoms with E-state index in [2.05, 4.69) is 15.7 Å². The average molecular weight is 441 g/mol. The van der Waals surface area contributed by atoms with Gasteiger partial charge < -0.3 is 15.4 Å². The van der Waals surface area contributed by atoms with Gasteiger partial charge in [-0.2, -0.15) is 5.10 Å². The number of nitrogens with one attached hydrogen (secondary N) is 2. The van der Waals surface area contributed by atoms with Gasteiger partial charge in [0.05, 0.1) is 12.8 Å². The molecular weight excluding hydrogens is 416 g/mol. The lowest BCUT2D eigenvalue weighted by molar-refractivity contribution is -0.119. The van der Waals surface area contributed by atoms with E-state index >= 15 is 0 Å². The zero-order valence-electron chi connectivity index (χ0n) is 18.4. The Morgan fingerprint density at radius 2 is 1.48 bits per heavy atom. The summed E-state index contributed by atoms with van der Waals surface area (Å²) in [5.41, 5.74) is 3.57. The van der Waals surface area contributed by atoms with Crippen molar-refractivity contribution in [3.05, 3.63) is 101 Å². The van der Waals surface area contributed by atoms with Crippen LogP contribution in [0.15, 0.2) is 95.8 Å². The third-order valence-electron chi connectivity index (χ3n) is 5.17. The second-order valence-corrected chi connectivity index (χ2v) is 7.46. The zero-order valence-corrected chi connectivity index (χ0v) is 18.4. The van der Waals surface area contributed by atoms with Gasteiger partial charge >= 0.3 is 0 Å². The van der Waals surface area contributed by atoms with Crippen molar-refractivity contribution >= 4 is 23.0 Å². The first kappa shape index (κ1) is 21.8. The molecule has 1 unspecified atom stereocenters. The second kappa shape index (κ2) is 9.82. The molecule has 0 aliphatic carbocycles. The number of benzene rings is 3. The number of hydrogen-bond donors (Lipinski definition) is 2. The molecule has 7 nitrogen and oxygen atoms in total. The van der Waals surface area contributed by atoms with Gasteiger partial charge in [-0.05, 0) is 73.7 Å². The van der Waals surface area contributed by atoms with Crippen molar-refractivity contribution in [2.45, 2.75) is 13.0 Å². The van der Waals surface area contributed by atoms with Gasteiger partial charge in [0.1, 0.15) is 11.8 Å². The molecule has 0 spiro atoms. The molecule has 0 aliphatic rings. The van der Waals surface area contributed by atoms with Gasteiger partial charge in [-0.3, -0.25) is 9.59 Å². The van der Waals surface area contributed by atoms with Crippen molar-refractivity contribution in [1.82, 2.24) is 9.78 Å². The topological polar surface area (TPSA) is 85.2 Å². The quantitative estimate of drug-likeness (QED) is 0.429. The number of anilines is 3. The minimum Gasteiger partial charge on any atom is -0.497 e. The Morgan fingerprint density at radius 1 is 0.848 bits per heavy atom. The lowest BCUT2D eigenvalue weighted by Crippen LogP contribution is -2.33. The lowest BCUT2D eigenvalue weighted by Gasteiger charge is -2.15. The first-order chi connectivity index (χ1) is 16.0. The number of amides is 1. The van der Waals surface area contributed by atoms with E-state index in [-0.39, 0.29) is 11.5 Å². The first-order valence-corrected chi connectivity index (χ1v) is 10.5. The molecule has 0 bridgehead atoms. The molecule has 166 valence electrons. The molecular formula is C26H24N4O3. The van der Waals surface area contributed by atoms with E-state index < -0.39 is 6.04 Å². The molecule has 33 heavy (non-hydrogen) atoms. The molecule has 0 saturated heterocycles. The molecule has 0 aliphatic heterocycles. The van der Waals surface area contributed by atoms with Crippen LogP contribution in [0.2, 0.25) is 0 Å². The molecule has 0 radical (unpaired) electrons. The summed E-state index contributed by atoms with van der Waals surface area (Å²) in [7, 11) is 1.60. The highest BCUT2D eigenvalue weighted by Gasteiger charge is 2.18. The molecule has 4 aromatic rings. The molecule has 0 fully saturated rings. The minimum atomic E-state index is -0.794. The molecule has 1 amide bonds. The fraction of sp³-hybridized carbons (Fsp3) is 0.115. The van der Waals surface area contributed by atoms with Gasteiger partial charge in [0.15, 0.2) is 0 Å². The number of aromatic nitrogens is 2. The van der Waals surface area contributed by atoms with Gasteiger partial charge in [-0.1, -0.05) is 18.2 Å². The number of hydrogen-bond acceptors (Lipinski definition) is 5. The zero-order chi connectivity index (χ0) is 23.2. The highest BCUT2D eigenvalue weighted by Crippen LogP contribution is 2.21. The molecule has 1 atom stereocenters. The van der Waals surface area contributed by atoms with E-state index in [0.29, 0.717) is 11.4 Å². The van der Waals surface area contributed by atoms with Crippen LogP contribution in [0.4, 0.5) is 17.1 Å². The Kier molecular flexibility index (Phi) is 6.50. The molecule has 7 heteroatoms. The van der Waals surface area contributed by atoms with Crippen LogP contribution < -0.4 is 20.9 Å². The molecule has 1 aromatic heterocycles. The van der Waals surface area contributed by atoms with Crippen LogP contribution in [0.5, 0.6) is 5.75 Å². The number of rotatable bonds is 7. The van der Waals surface area contributed by atoms with E-state index in [9.17, 15) is 9.59 Å². The highest BCUT2D eigenvalue weighted by atomic mass is 16.5. The normalized spacial score (nSPS) is 11.5. The van der Waals surface area contributed by atoms with Crippen molar-refractivity contribution in [1.29, 1.82) is 0 Å². The van der Waals surface area contributed by atoms with E-state index in [1.807, 2.05) is 66.7 Å². The van der Waals surface area contributed by atoms with Crippen molar-refractivity contribution in [3.8, 4) is 17.0 Å². The summed E-state index contributed by atoms with van der Waals surface area (Å²) >= 11 is 0. The number of ether oxygens (including phenoxy) is 1. The van der Waals surface area contributed by atoms with Gasteiger partial charge in [0, 0.05) is 28.7 Å². The van der Waals surface area contributed by atoms with E-state index in [4.69, 9.17) is 4.74 Å². The summed E-state index contributed by atoms with van der Waals surface area (Å²) in [5, 5.41) is 10.6. The minimum absolute atomic E-state index is 0.333. The smallest absolute Gasteiger partial charge is 0.267 e. The maximum atomic E-state index is 12.8. The molecule has 4 rings (SSSR count). The third kappa shape index (κ3) is 5.27. The maximum absolute atomic E-state index is 12.8. The summed E-state index contributed by atoms with van der Waals surface area (Å²) in [4.78, 5) is 25.2. The SMILES string of the molecule is COc1ccc(-c2ccc(=O)n(C(C)C(=O)Nc3ccc(Nc4ccccc4)cc3)n2)cc1. The van der Waals surface area contributed by atoms with Crippen molar-refractivity contribution in [2.24, 2.45) is 0 Å². The fourth-order valence-electron chi connectivity index (χ4n) is 3.30. The number of methoxy groups -OCH3 is 1. The summed E-state index contributed by atoms with van der Waals surface area (Å²) in [6, 6.07) is 26.8. The Hall–Kier alpha value is -4.39. The Bertz CT molecular complexity index is 1280. The van der Waals surface area contributed by atoms with Crippen LogP contribution in [-0.4, -0.2) is 22.8 Å². The van der Waals surface area contributed by atoms with Crippen molar-refractivity contribution in [3.63, 3.8) is 0 Å². The van der Waals surface area contributed by atoms with Crippen LogP contribution in [0.3, 0.4) is 0 Å². The summed E-state index contributed by atoms with van der Waals surface area (Å²) in [6.07, 6.45) is 0. The molecule has 2 N–H and O–H groups in total. The molecule has 3 aromatic carbocycles. The summed E-state index contributed by atoms with van der Waals surface area (Å²) < 4.78 is 6.37. The van der Waals surface area contributed by atoms with Gasteiger partial charge in [0.25, 0.3) is 5.56 Å². The molecule has 0 saturated carbocycles. The lowest BCUT2D eigenvalue weighted by atomic mass is 10.1. The van der Waals surface area contributed by atoms with Crippen LogP contribution in [0.25, 0.3) is 11.3 Å². The van der Waals surface area contributed by atoms with Gasteiger partial charge in [-0.15, -0.1) is 0 Å². The molecule has 1 heterocycles. The fourth-order valence-corrected chi connectivity index (χ4v) is 3.30. The van der Waals surface area contributed by atoms with Crippen LogP contribution in [0.1, 0.15) is 13.0 Å². The number of para-hydroxylation sites is 1. The number of carbonyl (C=O) groups is 1. The predicted octanol–water partition coefficient (Wildman–Crippen LogP) is 4.86. The van der Waals surface area contributed by atoms with Crippen LogP contribution >= 0.6 is 0 Å². The standard InChI is InChI=1S/C26H24N4O3/c1-18(30-25(31)17-16-24(29-30)19-8-14-23(33-2)15-9-19)26(32)28-22-12-10-21(11-13-22)27-20-6-4-3-5-7-20/h3-18,27H,1-2H3,(H,28,32). The monoisotopic (exact) mass is 440 g/mol. The summed E-state index contributed by atoms with van der Waals surface area (Å²) in [6.45, 7) is 1.65. The maximum Gasteiger partial charge on any atom is 0.267 e. The van der Waals surface area contributed by atoms with E-state index in [0.717, 1.165) is 22.7 Å². The second-order valence-electron chi connectivity index (χ2n) is 7.46. The average Bonchev–Trinajstić information content (AvgIpc) is 2.86. The number of nitrogens with zero attached hydrogens (tertiary/aromatic N) is 2.